The van der Waals surface area contributed by atoms with Gasteiger partial charge >= 0.3 is 0 Å². The molecule has 0 radical (unpaired) electrons. The van der Waals surface area contributed by atoms with E-state index in [1.807, 2.05) is 49.6 Å². The van der Waals surface area contributed by atoms with E-state index < -0.39 is 0 Å². The Morgan fingerprint density at radius 2 is 1.93 bits per heavy atom. The van der Waals surface area contributed by atoms with Crippen molar-refractivity contribution in [1.29, 1.82) is 0 Å². The number of aromatic nitrogens is 4. The van der Waals surface area contributed by atoms with Crippen molar-refractivity contribution >= 4 is 61.6 Å². The van der Waals surface area contributed by atoms with Crippen molar-refractivity contribution in [3.8, 4) is 0 Å². The van der Waals surface area contributed by atoms with Crippen molar-refractivity contribution in [3.05, 3.63) is 72.0 Å². The minimum atomic E-state index is -0.272. The first-order valence-corrected chi connectivity index (χ1v) is 9.83. The Morgan fingerprint density at radius 3 is 2.70 bits per heavy atom. The van der Waals surface area contributed by atoms with E-state index in [4.69, 9.17) is 0 Å². The van der Waals surface area contributed by atoms with Gasteiger partial charge in [0.2, 0.25) is 11.9 Å². The number of nitrogens with zero attached hydrogens (tertiary/aromatic N) is 4. The summed E-state index contributed by atoms with van der Waals surface area (Å²) in [5.74, 6) is 0.794. The largest absolute Gasteiger partial charge is 0.339 e. The number of aryl methyl sites for hydroxylation is 1. The summed E-state index contributed by atoms with van der Waals surface area (Å²) in [6, 6.07) is 13.2. The van der Waals surface area contributed by atoms with Gasteiger partial charge in [-0.3, -0.25) is 9.48 Å². The zero-order valence-electron chi connectivity index (χ0n) is 16.1. The monoisotopic (exact) mass is 463 g/mol. The van der Waals surface area contributed by atoms with Crippen molar-refractivity contribution in [2.24, 2.45) is 7.05 Å². The van der Waals surface area contributed by atoms with E-state index in [0.717, 1.165) is 26.8 Å². The van der Waals surface area contributed by atoms with Crippen LogP contribution in [0.2, 0.25) is 0 Å². The molecule has 2 heterocycles. The van der Waals surface area contributed by atoms with Crippen molar-refractivity contribution in [1.82, 2.24) is 19.7 Å². The Balaban J connectivity index is 1.71. The van der Waals surface area contributed by atoms with Crippen molar-refractivity contribution in [3.63, 3.8) is 0 Å². The minimum absolute atomic E-state index is 0.272. The van der Waals surface area contributed by atoms with Crippen LogP contribution in [0.25, 0.3) is 10.9 Å². The second-order valence-corrected chi connectivity index (χ2v) is 7.40. The molecule has 0 aliphatic rings. The fourth-order valence-electron chi connectivity index (χ4n) is 2.87. The summed E-state index contributed by atoms with van der Waals surface area (Å²) < 4.78 is 2.62. The first kappa shape index (κ1) is 19.6. The average molecular weight is 464 g/mol. The normalized spacial score (nSPS) is 10.6. The lowest BCUT2D eigenvalue weighted by atomic mass is 10.2. The second kappa shape index (κ2) is 8.34. The molecule has 2 aromatic carbocycles. The number of nitrogens with one attached hydrogen (secondary N) is 3. The van der Waals surface area contributed by atoms with Crippen molar-refractivity contribution < 1.29 is 4.79 Å². The van der Waals surface area contributed by atoms with E-state index in [-0.39, 0.29) is 5.91 Å². The smallest absolute Gasteiger partial charge is 0.247 e. The SMILES string of the molecule is C=CC(=O)Nc1cccc(Nc2nc(Nc3cnn(C)c3)nc3ccc(Br)cc23)c1. The molecule has 1 amide bonds. The summed E-state index contributed by atoms with van der Waals surface area (Å²) in [5, 5.41) is 14.3. The predicted octanol–water partition coefficient (Wildman–Crippen LogP) is 4.74. The molecular formula is C21H18BrN7O. The number of hydrogen-bond acceptors (Lipinski definition) is 6. The molecule has 0 fully saturated rings. The van der Waals surface area contributed by atoms with Crippen LogP contribution in [-0.4, -0.2) is 25.7 Å². The van der Waals surface area contributed by atoms with Gasteiger partial charge < -0.3 is 16.0 Å². The molecule has 0 unspecified atom stereocenters. The standard InChI is InChI=1S/C21H18BrN7O/c1-3-19(30)24-14-5-4-6-15(10-14)25-20-17-9-13(22)7-8-18(17)27-21(28-20)26-16-11-23-29(2)12-16/h3-12H,1H2,2H3,(H,24,30)(H2,25,26,27,28). The van der Waals surface area contributed by atoms with Crippen LogP contribution in [0.1, 0.15) is 0 Å². The molecule has 0 atom stereocenters. The Hall–Kier alpha value is -3.72. The highest BCUT2D eigenvalue weighted by atomic mass is 79.9. The van der Waals surface area contributed by atoms with Crippen LogP contribution in [0.3, 0.4) is 0 Å². The Bertz CT molecular complexity index is 1250. The third-order valence-electron chi connectivity index (χ3n) is 4.20. The molecule has 9 heteroatoms. The lowest BCUT2D eigenvalue weighted by Gasteiger charge is -2.13. The molecule has 0 aliphatic carbocycles. The molecule has 0 saturated carbocycles. The summed E-state index contributed by atoms with van der Waals surface area (Å²) in [5.41, 5.74) is 2.98. The van der Waals surface area contributed by atoms with Gasteiger partial charge in [0.15, 0.2) is 0 Å². The van der Waals surface area contributed by atoms with E-state index in [0.29, 0.717) is 17.5 Å². The number of anilines is 5. The Labute approximate surface area is 181 Å². The molecular weight excluding hydrogens is 446 g/mol. The highest BCUT2D eigenvalue weighted by Crippen LogP contribution is 2.29. The van der Waals surface area contributed by atoms with Crippen LogP contribution in [0.5, 0.6) is 0 Å². The molecule has 4 rings (SSSR count). The molecule has 8 nitrogen and oxygen atoms in total. The number of amides is 1. The highest BCUT2D eigenvalue weighted by Gasteiger charge is 2.10. The maximum atomic E-state index is 11.6. The van der Waals surface area contributed by atoms with E-state index >= 15 is 0 Å². The lowest BCUT2D eigenvalue weighted by Crippen LogP contribution is -2.07. The topological polar surface area (TPSA) is 96.8 Å². The summed E-state index contributed by atoms with van der Waals surface area (Å²) in [6.07, 6.45) is 4.77. The number of benzene rings is 2. The maximum Gasteiger partial charge on any atom is 0.247 e. The molecule has 0 spiro atoms. The van der Waals surface area contributed by atoms with Crippen LogP contribution in [-0.2, 0) is 11.8 Å². The molecule has 0 aliphatic heterocycles. The predicted molar refractivity (Wildman–Crippen MR) is 122 cm³/mol. The van der Waals surface area contributed by atoms with Gasteiger partial charge in [0.25, 0.3) is 0 Å². The number of carbonyl (C=O) groups excluding carboxylic acids is 1. The van der Waals surface area contributed by atoms with Crippen LogP contribution >= 0.6 is 15.9 Å². The highest BCUT2D eigenvalue weighted by molar-refractivity contribution is 9.10. The van der Waals surface area contributed by atoms with Crippen LogP contribution in [0.15, 0.2) is 72.0 Å². The van der Waals surface area contributed by atoms with Gasteiger partial charge in [-0.25, -0.2) is 4.98 Å². The summed E-state index contributed by atoms with van der Waals surface area (Å²) in [6.45, 7) is 3.47. The molecule has 3 N–H and O–H groups in total. The van der Waals surface area contributed by atoms with Gasteiger partial charge in [0.1, 0.15) is 5.82 Å². The molecule has 30 heavy (non-hydrogen) atoms. The fraction of sp³-hybridized carbons (Fsp3) is 0.0476. The summed E-state index contributed by atoms with van der Waals surface area (Å²) >= 11 is 3.51. The fourth-order valence-corrected chi connectivity index (χ4v) is 3.23. The molecule has 4 aromatic rings. The van der Waals surface area contributed by atoms with Crippen molar-refractivity contribution in [2.75, 3.05) is 16.0 Å². The van der Waals surface area contributed by atoms with Gasteiger partial charge in [-0.05, 0) is 42.5 Å². The molecule has 0 saturated heterocycles. The number of fused-ring (bicyclic) bond motifs is 1. The van der Waals surface area contributed by atoms with Crippen molar-refractivity contribution in [2.45, 2.75) is 0 Å². The lowest BCUT2D eigenvalue weighted by molar-refractivity contribution is -0.111. The zero-order chi connectivity index (χ0) is 21.1. The maximum absolute atomic E-state index is 11.6. The molecule has 0 bridgehead atoms. The number of hydrogen-bond donors (Lipinski definition) is 3. The number of rotatable bonds is 6. The van der Waals surface area contributed by atoms with Gasteiger partial charge in [0.05, 0.1) is 17.4 Å². The zero-order valence-corrected chi connectivity index (χ0v) is 17.6. The van der Waals surface area contributed by atoms with E-state index in [1.165, 1.54) is 6.08 Å². The van der Waals surface area contributed by atoms with Crippen LogP contribution < -0.4 is 16.0 Å². The Kier molecular flexibility index (Phi) is 5.44. The van der Waals surface area contributed by atoms with Gasteiger partial charge in [-0.1, -0.05) is 28.6 Å². The second-order valence-electron chi connectivity index (χ2n) is 6.48. The van der Waals surface area contributed by atoms with Gasteiger partial charge in [0, 0.05) is 34.5 Å². The third-order valence-corrected chi connectivity index (χ3v) is 4.69. The average Bonchev–Trinajstić information content (AvgIpc) is 3.13. The summed E-state index contributed by atoms with van der Waals surface area (Å²) in [7, 11) is 1.84. The van der Waals surface area contributed by atoms with Gasteiger partial charge in [-0.15, -0.1) is 0 Å². The van der Waals surface area contributed by atoms with E-state index in [2.05, 4.69) is 53.5 Å². The van der Waals surface area contributed by atoms with E-state index in [1.54, 1.807) is 16.9 Å². The number of halogens is 1. The first-order chi connectivity index (χ1) is 14.5. The first-order valence-electron chi connectivity index (χ1n) is 9.03. The Morgan fingerprint density at radius 1 is 1.10 bits per heavy atom. The third kappa shape index (κ3) is 4.47. The molecule has 150 valence electrons. The van der Waals surface area contributed by atoms with Gasteiger partial charge in [-0.2, -0.15) is 10.1 Å². The molecule has 2 aromatic heterocycles. The van der Waals surface area contributed by atoms with Crippen LogP contribution in [0.4, 0.5) is 28.8 Å². The van der Waals surface area contributed by atoms with E-state index in [9.17, 15) is 4.79 Å². The minimum Gasteiger partial charge on any atom is -0.339 e. The number of carbonyl (C=O) groups is 1. The summed E-state index contributed by atoms with van der Waals surface area (Å²) in [4.78, 5) is 20.8. The quantitative estimate of drug-likeness (QED) is 0.357. The van der Waals surface area contributed by atoms with Crippen LogP contribution in [0, 0.1) is 0 Å².